The van der Waals surface area contributed by atoms with Crippen LogP contribution in [0.15, 0.2) is 0 Å². The Balaban J connectivity index is 1.90. The van der Waals surface area contributed by atoms with E-state index in [2.05, 4.69) is 5.32 Å². The molecular weight excluding hydrogens is 245 g/mol. The SMILES string of the molecule is CNC1CCOCC1CN(CC(F)(F)F)C1CC1. The van der Waals surface area contributed by atoms with Gasteiger partial charge in [-0.25, -0.2) is 0 Å². The van der Waals surface area contributed by atoms with E-state index in [0.29, 0.717) is 19.8 Å². The van der Waals surface area contributed by atoms with E-state index >= 15 is 0 Å². The zero-order valence-electron chi connectivity index (χ0n) is 10.7. The van der Waals surface area contributed by atoms with Crippen LogP contribution in [0.2, 0.25) is 0 Å². The van der Waals surface area contributed by atoms with Crippen molar-refractivity contribution in [1.82, 2.24) is 10.2 Å². The van der Waals surface area contributed by atoms with E-state index in [4.69, 9.17) is 4.74 Å². The summed E-state index contributed by atoms with van der Waals surface area (Å²) in [6.07, 6.45) is -1.43. The van der Waals surface area contributed by atoms with Gasteiger partial charge in [0, 0.05) is 31.2 Å². The lowest BCUT2D eigenvalue weighted by Crippen LogP contribution is -2.48. The Morgan fingerprint density at radius 3 is 2.56 bits per heavy atom. The number of hydrogen-bond donors (Lipinski definition) is 1. The molecule has 1 aliphatic heterocycles. The maximum atomic E-state index is 12.5. The molecule has 2 atom stereocenters. The van der Waals surface area contributed by atoms with E-state index in [9.17, 15) is 13.2 Å². The zero-order valence-corrected chi connectivity index (χ0v) is 10.7. The van der Waals surface area contributed by atoms with Crippen molar-refractivity contribution in [2.75, 3.05) is 33.4 Å². The predicted molar refractivity (Wildman–Crippen MR) is 62.4 cm³/mol. The van der Waals surface area contributed by atoms with E-state index in [1.807, 2.05) is 7.05 Å². The molecule has 1 N–H and O–H groups in total. The molecule has 18 heavy (non-hydrogen) atoms. The van der Waals surface area contributed by atoms with Crippen LogP contribution in [0.1, 0.15) is 19.3 Å². The van der Waals surface area contributed by atoms with Crippen molar-refractivity contribution in [2.24, 2.45) is 5.92 Å². The molecule has 2 fully saturated rings. The predicted octanol–water partition coefficient (Wildman–Crippen LogP) is 1.64. The van der Waals surface area contributed by atoms with Crippen LogP contribution in [0.4, 0.5) is 13.2 Å². The fourth-order valence-electron chi connectivity index (χ4n) is 2.67. The van der Waals surface area contributed by atoms with Gasteiger partial charge in [0.1, 0.15) is 0 Å². The molecule has 1 aliphatic carbocycles. The standard InChI is InChI=1S/C12H21F3N2O/c1-16-11-4-5-18-7-9(11)6-17(10-2-3-10)8-12(13,14)15/h9-11,16H,2-8H2,1H3. The van der Waals surface area contributed by atoms with Gasteiger partial charge in [0.05, 0.1) is 13.2 Å². The van der Waals surface area contributed by atoms with Crippen LogP contribution in [-0.4, -0.2) is 56.5 Å². The molecule has 1 saturated carbocycles. The van der Waals surface area contributed by atoms with Crippen LogP contribution in [0.5, 0.6) is 0 Å². The van der Waals surface area contributed by atoms with E-state index in [1.165, 1.54) is 0 Å². The fraction of sp³-hybridized carbons (Fsp3) is 1.00. The summed E-state index contributed by atoms with van der Waals surface area (Å²) in [6.45, 7) is 0.956. The maximum absolute atomic E-state index is 12.5. The van der Waals surface area contributed by atoms with Crippen LogP contribution in [0, 0.1) is 5.92 Å². The van der Waals surface area contributed by atoms with Gasteiger partial charge in [0.2, 0.25) is 0 Å². The highest BCUT2D eigenvalue weighted by atomic mass is 19.4. The van der Waals surface area contributed by atoms with Gasteiger partial charge in [0.25, 0.3) is 0 Å². The lowest BCUT2D eigenvalue weighted by Gasteiger charge is -2.35. The molecule has 0 amide bonds. The van der Waals surface area contributed by atoms with Gasteiger partial charge in [-0.3, -0.25) is 4.90 Å². The first-order valence-corrected chi connectivity index (χ1v) is 6.55. The summed E-state index contributed by atoms with van der Waals surface area (Å²) >= 11 is 0. The van der Waals surface area contributed by atoms with Crippen molar-refractivity contribution < 1.29 is 17.9 Å². The Morgan fingerprint density at radius 2 is 2.00 bits per heavy atom. The Morgan fingerprint density at radius 1 is 1.28 bits per heavy atom. The van der Waals surface area contributed by atoms with Gasteiger partial charge in [-0.15, -0.1) is 0 Å². The summed E-state index contributed by atoms with van der Waals surface area (Å²) in [5.74, 6) is 0.159. The third-order valence-electron chi connectivity index (χ3n) is 3.76. The molecule has 0 aromatic rings. The Bertz CT molecular complexity index is 269. The molecule has 0 aromatic heterocycles. The Labute approximate surface area is 106 Å². The first-order chi connectivity index (χ1) is 8.49. The third kappa shape index (κ3) is 4.10. The molecule has 0 bridgehead atoms. The summed E-state index contributed by atoms with van der Waals surface area (Å²) in [5, 5.41) is 3.19. The zero-order chi connectivity index (χ0) is 13.2. The van der Waals surface area contributed by atoms with Crippen LogP contribution < -0.4 is 5.32 Å². The summed E-state index contributed by atoms with van der Waals surface area (Å²) in [5.41, 5.74) is 0. The number of halogens is 3. The minimum Gasteiger partial charge on any atom is -0.381 e. The summed E-state index contributed by atoms with van der Waals surface area (Å²) in [4.78, 5) is 1.59. The van der Waals surface area contributed by atoms with Crippen LogP contribution in [0.25, 0.3) is 0 Å². The van der Waals surface area contributed by atoms with Crippen molar-refractivity contribution >= 4 is 0 Å². The van der Waals surface area contributed by atoms with E-state index in [1.54, 1.807) is 4.90 Å². The monoisotopic (exact) mass is 266 g/mol. The van der Waals surface area contributed by atoms with Gasteiger partial charge in [-0.1, -0.05) is 0 Å². The summed E-state index contributed by atoms with van der Waals surface area (Å²) < 4.78 is 43.0. The number of ether oxygens (including phenoxy) is 1. The van der Waals surface area contributed by atoms with E-state index in [0.717, 1.165) is 19.3 Å². The molecule has 106 valence electrons. The Hall–Kier alpha value is -0.330. The van der Waals surface area contributed by atoms with Gasteiger partial charge in [-0.05, 0) is 26.3 Å². The topological polar surface area (TPSA) is 24.5 Å². The van der Waals surface area contributed by atoms with Crippen LogP contribution in [-0.2, 0) is 4.74 Å². The third-order valence-corrected chi connectivity index (χ3v) is 3.76. The molecule has 1 heterocycles. The van der Waals surface area contributed by atoms with Crippen molar-refractivity contribution in [2.45, 2.75) is 37.5 Å². The number of nitrogens with zero attached hydrogens (tertiary/aromatic N) is 1. The molecule has 2 rings (SSSR count). The number of rotatable bonds is 5. The largest absolute Gasteiger partial charge is 0.401 e. The lowest BCUT2D eigenvalue weighted by molar-refractivity contribution is -0.150. The molecule has 6 heteroatoms. The van der Waals surface area contributed by atoms with E-state index < -0.39 is 12.7 Å². The second kappa shape index (κ2) is 5.75. The molecule has 0 aromatic carbocycles. The van der Waals surface area contributed by atoms with Crippen molar-refractivity contribution in [3.05, 3.63) is 0 Å². The molecule has 0 spiro atoms. The van der Waals surface area contributed by atoms with Crippen molar-refractivity contribution in [1.29, 1.82) is 0 Å². The van der Waals surface area contributed by atoms with Crippen LogP contribution in [0.3, 0.4) is 0 Å². The molecule has 2 unspecified atom stereocenters. The summed E-state index contributed by atoms with van der Waals surface area (Å²) in [6, 6.07) is 0.402. The highest BCUT2D eigenvalue weighted by Gasteiger charge is 2.40. The van der Waals surface area contributed by atoms with Gasteiger partial charge in [-0.2, -0.15) is 13.2 Å². The first-order valence-electron chi connectivity index (χ1n) is 6.55. The average Bonchev–Trinajstić information content (AvgIpc) is 3.11. The smallest absolute Gasteiger partial charge is 0.381 e. The molecule has 3 nitrogen and oxygen atoms in total. The van der Waals surface area contributed by atoms with Crippen LogP contribution >= 0.6 is 0 Å². The molecule has 1 saturated heterocycles. The lowest BCUT2D eigenvalue weighted by atomic mass is 9.95. The quantitative estimate of drug-likeness (QED) is 0.818. The minimum atomic E-state index is -4.10. The van der Waals surface area contributed by atoms with Crippen molar-refractivity contribution in [3.63, 3.8) is 0 Å². The van der Waals surface area contributed by atoms with E-state index in [-0.39, 0.29) is 18.0 Å². The second-order valence-electron chi connectivity index (χ2n) is 5.29. The average molecular weight is 266 g/mol. The number of alkyl halides is 3. The molecular formula is C12H21F3N2O. The van der Waals surface area contributed by atoms with Crippen molar-refractivity contribution in [3.8, 4) is 0 Å². The molecule has 0 radical (unpaired) electrons. The van der Waals surface area contributed by atoms with Gasteiger partial charge >= 0.3 is 6.18 Å². The summed E-state index contributed by atoms with van der Waals surface area (Å²) in [7, 11) is 1.87. The molecule has 2 aliphatic rings. The fourth-order valence-corrected chi connectivity index (χ4v) is 2.67. The maximum Gasteiger partial charge on any atom is 0.401 e. The highest BCUT2D eigenvalue weighted by molar-refractivity contribution is 4.89. The van der Waals surface area contributed by atoms with Gasteiger partial charge < -0.3 is 10.1 Å². The second-order valence-corrected chi connectivity index (χ2v) is 5.29. The highest BCUT2D eigenvalue weighted by Crippen LogP contribution is 2.31. The number of hydrogen-bond acceptors (Lipinski definition) is 3. The number of nitrogens with one attached hydrogen (secondary N) is 1. The Kier molecular flexibility index (Phi) is 4.50. The first kappa shape index (κ1) is 14.1. The normalized spacial score (nSPS) is 29.8. The minimum absolute atomic E-state index is 0.131. The van der Waals surface area contributed by atoms with Gasteiger partial charge in [0.15, 0.2) is 0 Å².